The van der Waals surface area contributed by atoms with E-state index in [9.17, 15) is 18.4 Å². The van der Waals surface area contributed by atoms with Crippen molar-refractivity contribution in [3.05, 3.63) is 138 Å². The van der Waals surface area contributed by atoms with Gasteiger partial charge in [0.1, 0.15) is 0 Å². The summed E-state index contributed by atoms with van der Waals surface area (Å²) in [7, 11) is 0. The zero-order valence-corrected chi connectivity index (χ0v) is 23.9. The average Bonchev–Trinajstić information content (AvgIpc) is 3.60. The number of para-hydroxylation sites is 1. The Labute approximate surface area is 254 Å². The van der Waals surface area contributed by atoms with Crippen molar-refractivity contribution < 1.29 is 13.2 Å². The summed E-state index contributed by atoms with van der Waals surface area (Å²) in [6, 6.07) is 40.6. The van der Waals surface area contributed by atoms with Crippen molar-refractivity contribution >= 4 is 75.7 Å². The van der Waals surface area contributed by atoms with Crippen LogP contribution in [-0.2, 0) is 6.18 Å². The number of hydrogen-bond acceptors (Lipinski definition) is 2. The van der Waals surface area contributed by atoms with Crippen LogP contribution in [0.2, 0.25) is 0 Å². The van der Waals surface area contributed by atoms with Gasteiger partial charge in [-0.2, -0.15) is 18.4 Å². The van der Waals surface area contributed by atoms with E-state index in [0.29, 0.717) is 11.1 Å². The summed E-state index contributed by atoms with van der Waals surface area (Å²) in [6.07, 6.45) is -2.72. The molecule has 0 bridgehead atoms. The monoisotopic (exact) mass is 594 g/mol. The van der Waals surface area contributed by atoms with E-state index < -0.39 is 11.7 Å². The van der Waals surface area contributed by atoms with Gasteiger partial charge in [-0.15, -0.1) is 11.3 Å². The number of thiophene rings is 1. The molecule has 44 heavy (non-hydrogen) atoms. The van der Waals surface area contributed by atoms with E-state index in [1.807, 2.05) is 41.7 Å². The van der Waals surface area contributed by atoms with Crippen LogP contribution in [0.4, 0.5) is 13.2 Å². The van der Waals surface area contributed by atoms with Crippen molar-refractivity contribution in [1.29, 1.82) is 5.26 Å². The Morgan fingerprint density at radius 3 is 1.98 bits per heavy atom. The minimum absolute atomic E-state index is 0.293. The van der Waals surface area contributed by atoms with Gasteiger partial charge in [0.15, 0.2) is 0 Å². The third-order valence-corrected chi connectivity index (χ3v) is 9.50. The van der Waals surface area contributed by atoms with Crippen molar-refractivity contribution in [3.63, 3.8) is 0 Å². The topological polar surface area (TPSA) is 28.7 Å². The lowest BCUT2D eigenvalue weighted by Gasteiger charge is -2.11. The first-order valence-electron chi connectivity index (χ1n) is 14.1. The van der Waals surface area contributed by atoms with Gasteiger partial charge in [0.05, 0.1) is 28.2 Å². The molecular weight excluding hydrogens is 573 g/mol. The maximum absolute atomic E-state index is 13.0. The summed E-state index contributed by atoms with van der Waals surface area (Å²) in [5, 5.41) is 17.1. The number of alkyl halides is 3. The maximum Gasteiger partial charge on any atom is 0.416 e. The zero-order chi connectivity index (χ0) is 30.0. The minimum Gasteiger partial charge on any atom is -0.309 e. The molecule has 0 aliphatic rings. The Bertz CT molecular complexity index is 2470. The van der Waals surface area contributed by atoms with Gasteiger partial charge in [-0.25, -0.2) is 0 Å². The Balaban J connectivity index is 1.28. The number of fused-ring (bicyclic) bond motifs is 9. The molecule has 210 valence electrons. The molecule has 6 aromatic carbocycles. The minimum atomic E-state index is -4.42. The molecule has 0 atom stereocenters. The van der Waals surface area contributed by atoms with Gasteiger partial charge in [-0.05, 0) is 53.6 Å². The number of halogens is 3. The second kappa shape index (κ2) is 9.84. The standard InChI is InChI=1S/C38H21F3N2S/c39-38(40,41)26-13-11-24(12-14-26)25(22-42)21-23-9-15-27(16-10-23)43-34-7-3-1-5-28(34)30-17-20-33-31(36(30)43)18-19-32-29-6-2-4-8-35(29)44-37(32)33/h1-21H/b25-21+. The molecule has 0 radical (unpaired) electrons. The first-order chi connectivity index (χ1) is 21.4. The third-order valence-electron chi connectivity index (χ3n) is 8.28. The smallest absolute Gasteiger partial charge is 0.309 e. The van der Waals surface area contributed by atoms with Crippen LogP contribution in [0.1, 0.15) is 16.7 Å². The Morgan fingerprint density at radius 2 is 1.27 bits per heavy atom. The van der Waals surface area contributed by atoms with Crippen molar-refractivity contribution in [2.75, 3.05) is 0 Å². The van der Waals surface area contributed by atoms with Crippen molar-refractivity contribution in [2.24, 2.45) is 0 Å². The fourth-order valence-corrected chi connectivity index (χ4v) is 7.45. The highest BCUT2D eigenvalue weighted by Gasteiger charge is 2.30. The van der Waals surface area contributed by atoms with Crippen LogP contribution in [0, 0.1) is 11.3 Å². The SMILES string of the molecule is N#C/C(=C\c1ccc(-n2c3ccccc3c3ccc4c(ccc5c6ccccc6sc54)c32)cc1)c1ccc(C(F)(F)F)cc1. The molecule has 2 nitrogen and oxygen atoms in total. The van der Waals surface area contributed by atoms with Crippen LogP contribution in [-0.4, -0.2) is 4.57 Å². The summed E-state index contributed by atoms with van der Waals surface area (Å²) < 4.78 is 43.9. The molecule has 8 rings (SSSR count). The van der Waals surface area contributed by atoms with Crippen LogP contribution < -0.4 is 0 Å². The van der Waals surface area contributed by atoms with E-state index in [1.165, 1.54) is 53.8 Å². The second-order valence-corrected chi connectivity index (χ2v) is 11.8. The summed E-state index contributed by atoms with van der Waals surface area (Å²) in [6.45, 7) is 0. The predicted molar refractivity (Wildman–Crippen MR) is 176 cm³/mol. The van der Waals surface area contributed by atoms with Gasteiger partial charge in [-0.3, -0.25) is 0 Å². The summed E-state index contributed by atoms with van der Waals surface area (Å²) in [4.78, 5) is 0. The molecule has 0 N–H and O–H groups in total. The predicted octanol–water partition coefficient (Wildman–Crippen LogP) is 11.4. The van der Waals surface area contributed by atoms with Crippen molar-refractivity contribution in [3.8, 4) is 11.8 Å². The molecule has 6 heteroatoms. The van der Waals surface area contributed by atoms with Crippen molar-refractivity contribution in [2.45, 2.75) is 6.18 Å². The lowest BCUT2D eigenvalue weighted by molar-refractivity contribution is -0.137. The van der Waals surface area contributed by atoms with Gasteiger partial charge in [0.25, 0.3) is 0 Å². The highest BCUT2D eigenvalue weighted by molar-refractivity contribution is 7.26. The normalized spacial score (nSPS) is 12.5. The number of allylic oxidation sites excluding steroid dienone is 1. The molecule has 0 amide bonds. The number of aromatic nitrogens is 1. The second-order valence-electron chi connectivity index (χ2n) is 10.8. The molecule has 0 aliphatic carbocycles. The lowest BCUT2D eigenvalue weighted by atomic mass is 10.0. The molecule has 2 heterocycles. The molecule has 2 aromatic heterocycles. The highest BCUT2D eigenvalue weighted by atomic mass is 32.1. The Morgan fingerprint density at radius 1 is 0.659 bits per heavy atom. The number of nitriles is 1. The van der Waals surface area contributed by atoms with Gasteiger partial charge in [0, 0.05) is 47.4 Å². The van der Waals surface area contributed by atoms with E-state index in [2.05, 4.69) is 77.4 Å². The van der Waals surface area contributed by atoms with E-state index in [4.69, 9.17) is 0 Å². The third kappa shape index (κ3) is 4.09. The number of nitrogens with zero attached hydrogens (tertiary/aromatic N) is 2. The molecule has 0 spiro atoms. The Hall–Kier alpha value is -5.38. The van der Waals surface area contributed by atoms with Gasteiger partial charge >= 0.3 is 6.18 Å². The number of hydrogen-bond donors (Lipinski definition) is 0. The first-order valence-corrected chi connectivity index (χ1v) is 14.9. The quantitative estimate of drug-likeness (QED) is 0.148. The molecule has 0 unspecified atom stereocenters. The first kappa shape index (κ1) is 26.3. The van der Waals surface area contributed by atoms with Gasteiger partial charge < -0.3 is 4.57 Å². The lowest BCUT2D eigenvalue weighted by Crippen LogP contribution is -2.04. The maximum atomic E-state index is 13.0. The molecule has 0 saturated heterocycles. The highest BCUT2D eigenvalue weighted by Crippen LogP contribution is 2.43. The molecular formula is C38H21F3N2S. The van der Waals surface area contributed by atoms with E-state index in [0.717, 1.165) is 34.4 Å². The summed E-state index contributed by atoms with van der Waals surface area (Å²) in [5.74, 6) is 0. The van der Waals surface area contributed by atoms with Crippen LogP contribution in [0.3, 0.4) is 0 Å². The molecule has 0 fully saturated rings. The largest absolute Gasteiger partial charge is 0.416 e. The van der Waals surface area contributed by atoms with E-state index >= 15 is 0 Å². The number of benzene rings is 6. The summed E-state index contributed by atoms with van der Waals surface area (Å²) >= 11 is 1.82. The van der Waals surface area contributed by atoms with Gasteiger partial charge in [-0.1, -0.05) is 84.9 Å². The van der Waals surface area contributed by atoms with Crippen LogP contribution >= 0.6 is 11.3 Å². The molecule has 0 aliphatic heterocycles. The van der Waals surface area contributed by atoms with E-state index in [-0.39, 0.29) is 0 Å². The van der Waals surface area contributed by atoms with Crippen LogP contribution in [0.5, 0.6) is 0 Å². The average molecular weight is 595 g/mol. The van der Waals surface area contributed by atoms with Crippen LogP contribution in [0.15, 0.2) is 121 Å². The Kier molecular flexibility index (Phi) is 5.87. The van der Waals surface area contributed by atoms with Crippen molar-refractivity contribution in [1.82, 2.24) is 4.57 Å². The van der Waals surface area contributed by atoms with E-state index in [1.54, 1.807) is 6.08 Å². The molecule has 0 saturated carbocycles. The molecule has 8 aromatic rings. The fourth-order valence-electron chi connectivity index (χ4n) is 6.22. The number of rotatable bonds is 3. The summed E-state index contributed by atoms with van der Waals surface area (Å²) in [5.41, 5.74) is 3.97. The van der Waals surface area contributed by atoms with Crippen LogP contribution in [0.25, 0.3) is 70.1 Å². The zero-order valence-electron chi connectivity index (χ0n) is 23.1. The van der Waals surface area contributed by atoms with Gasteiger partial charge in [0.2, 0.25) is 0 Å². The fraction of sp³-hybridized carbons (Fsp3) is 0.0263.